The molecule has 1 unspecified atom stereocenters. The number of nitrogens with zero attached hydrogens (tertiary/aromatic N) is 1. The zero-order valence-electron chi connectivity index (χ0n) is 12.2. The van der Waals surface area contributed by atoms with Crippen LogP contribution in [-0.4, -0.2) is 48.2 Å². The van der Waals surface area contributed by atoms with Gasteiger partial charge in [0.15, 0.2) is 0 Å². The van der Waals surface area contributed by atoms with Crippen molar-refractivity contribution in [3.63, 3.8) is 0 Å². The summed E-state index contributed by atoms with van der Waals surface area (Å²) in [5.74, 6) is -0.500. The SMILES string of the molecule is O=C(NCCCCN1CCCC1CO)c1ccc(F)cc1. The minimum absolute atomic E-state index is 0.163. The van der Waals surface area contributed by atoms with Gasteiger partial charge in [0.1, 0.15) is 5.82 Å². The van der Waals surface area contributed by atoms with Gasteiger partial charge in [-0.25, -0.2) is 4.39 Å². The van der Waals surface area contributed by atoms with E-state index in [1.54, 1.807) is 0 Å². The molecule has 1 fully saturated rings. The molecule has 0 aromatic heterocycles. The Labute approximate surface area is 125 Å². The maximum Gasteiger partial charge on any atom is 0.251 e. The van der Waals surface area contributed by atoms with Gasteiger partial charge in [0.2, 0.25) is 0 Å². The molecule has 1 saturated heterocycles. The number of rotatable bonds is 7. The molecule has 0 radical (unpaired) electrons. The highest BCUT2D eigenvalue weighted by Crippen LogP contribution is 2.16. The van der Waals surface area contributed by atoms with Crippen molar-refractivity contribution < 1.29 is 14.3 Å². The van der Waals surface area contributed by atoms with Gasteiger partial charge in [0.25, 0.3) is 5.91 Å². The first kappa shape index (κ1) is 15.9. The maximum absolute atomic E-state index is 12.8. The number of carbonyl (C=O) groups is 1. The molecule has 1 aromatic rings. The molecule has 0 bridgehead atoms. The average Bonchev–Trinajstić information content (AvgIpc) is 2.95. The third kappa shape index (κ3) is 4.79. The van der Waals surface area contributed by atoms with Crippen LogP contribution in [0, 0.1) is 5.82 Å². The number of nitrogens with one attached hydrogen (secondary N) is 1. The van der Waals surface area contributed by atoms with E-state index in [1.807, 2.05) is 0 Å². The fraction of sp³-hybridized carbons (Fsp3) is 0.562. The van der Waals surface area contributed by atoms with Gasteiger partial charge in [0, 0.05) is 18.2 Å². The fourth-order valence-electron chi connectivity index (χ4n) is 2.74. The van der Waals surface area contributed by atoms with E-state index in [4.69, 9.17) is 0 Å². The molecular weight excluding hydrogens is 271 g/mol. The maximum atomic E-state index is 12.8. The highest BCUT2D eigenvalue weighted by molar-refractivity contribution is 5.94. The van der Waals surface area contributed by atoms with Crippen LogP contribution in [0.25, 0.3) is 0 Å². The molecule has 1 aliphatic rings. The zero-order valence-corrected chi connectivity index (χ0v) is 12.2. The van der Waals surface area contributed by atoms with E-state index in [2.05, 4.69) is 10.2 Å². The van der Waals surface area contributed by atoms with Gasteiger partial charge < -0.3 is 10.4 Å². The minimum Gasteiger partial charge on any atom is -0.395 e. The van der Waals surface area contributed by atoms with Gasteiger partial charge in [-0.2, -0.15) is 0 Å². The van der Waals surface area contributed by atoms with Crippen LogP contribution in [0.1, 0.15) is 36.0 Å². The summed E-state index contributed by atoms with van der Waals surface area (Å²) in [6.45, 7) is 2.89. The molecule has 0 aliphatic carbocycles. The van der Waals surface area contributed by atoms with Gasteiger partial charge in [0.05, 0.1) is 6.61 Å². The van der Waals surface area contributed by atoms with Gasteiger partial charge in [-0.1, -0.05) is 0 Å². The molecular formula is C16H23FN2O2. The monoisotopic (exact) mass is 294 g/mol. The molecule has 2 rings (SSSR count). The summed E-state index contributed by atoms with van der Waals surface area (Å²) < 4.78 is 12.8. The second-order valence-electron chi connectivity index (χ2n) is 5.48. The Morgan fingerprint density at radius 2 is 2.10 bits per heavy atom. The molecule has 4 nitrogen and oxygen atoms in total. The van der Waals surface area contributed by atoms with Crippen LogP contribution >= 0.6 is 0 Å². The summed E-state index contributed by atoms with van der Waals surface area (Å²) in [7, 11) is 0. The first-order chi connectivity index (χ1) is 10.2. The van der Waals surface area contributed by atoms with Gasteiger partial charge in [-0.15, -0.1) is 0 Å². The van der Waals surface area contributed by atoms with Gasteiger partial charge in [-0.05, 0) is 63.0 Å². The number of aliphatic hydroxyl groups excluding tert-OH is 1. The Balaban J connectivity index is 1.61. The Hall–Kier alpha value is -1.46. The Bertz CT molecular complexity index is 450. The van der Waals surface area contributed by atoms with Crippen molar-refractivity contribution in [3.8, 4) is 0 Å². The van der Waals surface area contributed by atoms with Crippen molar-refractivity contribution in [1.82, 2.24) is 10.2 Å². The predicted molar refractivity (Wildman–Crippen MR) is 79.6 cm³/mol. The minimum atomic E-state index is -0.337. The number of amides is 1. The van der Waals surface area contributed by atoms with E-state index in [0.717, 1.165) is 38.8 Å². The van der Waals surface area contributed by atoms with Crippen molar-refractivity contribution in [2.45, 2.75) is 31.7 Å². The van der Waals surface area contributed by atoms with Crippen LogP contribution in [0.3, 0.4) is 0 Å². The van der Waals surface area contributed by atoms with Gasteiger partial charge >= 0.3 is 0 Å². The van der Waals surface area contributed by atoms with Crippen LogP contribution < -0.4 is 5.32 Å². The normalized spacial score (nSPS) is 18.9. The lowest BCUT2D eigenvalue weighted by molar-refractivity contribution is 0.0952. The molecule has 2 N–H and O–H groups in total. The van der Waals surface area contributed by atoms with E-state index < -0.39 is 0 Å². The highest BCUT2D eigenvalue weighted by atomic mass is 19.1. The summed E-state index contributed by atoms with van der Waals surface area (Å²) in [5, 5.41) is 12.1. The summed E-state index contributed by atoms with van der Waals surface area (Å²) >= 11 is 0. The second kappa shape index (κ2) is 8.10. The van der Waals surface area contributed by atoms with E-state index in [-0.39, 0.29) is 18.3 Å². The first-order valence-electron chi connectivity index (χ1n) is 7.59. The number of benzene rings is 1. The van der Waals surface area contributed by atoms with Crippen molar-refractivity contribution >= 4 is 5.91 Å². The molecule has 5 heteroatoms. The smallest absolute Gasteiger partial charge is 0.251 e. The standard InChI is InChI=1S/C16H23FN2O2/c17-14-7-5-13(6-8-14)16(21)18-9-1-2-10-19-11-3-4-15(19)12-20/h5-8,15,20H,1-4,9-12H2,(H,18,21). The molecule has 1 aromatic carbocycles. The first-order valence-corrected chi connectivity index (χ1v) is 7.59. The van der Waals surface area contributed by atoms with E-state index in [1.165, 1.54) is 24.3 Å². The summed E-state index contributed by atoms with van der Waals surface area (Å²) in [4.78, 5) is 14.1. The van der Waals surface area contributed by atoms with Crippen LogP contribution in [0.5, 0.6) is 0 Å². The zero-order chi connectivity index (χ0) is 15.1. The summed E-state index contributed by atoms with van der Waals surface area (Å²) in [6.07, 6.45) is 4.14. The van der Waals surface area contributed by atoms with Crippen molar-refractivity contribution in [1.29, 1.82) is 0 Å². The molecule has 0 saturated carbocycles. The molecule has 1 heterocycles. The van der Waals surface area contributed by atoms with Crippen molar-refractivity contribution in [2.75, 3.05) is 26.2 Å². The lowest BCUT2D eigenvalue weighted by Crippen LogP contribution is -2.33. The highest BCUT2D eigenvalue weighted by Gasteiger charge is 2.22. The number of carbonyl (C=O) groups excluding carboxylic acids is 1. The quantitative estimate of drug-likeness (QED) is 0.754. The molecule has 1 amide bonds. The molecule has 21 heavy (non-hydrogen) atoms. The number of hydrogen-bond acceptors (Lipinski definition) is 3. The van der Waals surface area contributed by atoms with Crippen LogP contribution in [0.2, 0.25) is 0 Å². The Morgan fingerprint density at radius 1 is 1.33 bits per heavy atom. The number of hydrogen-bond donors (Lipinski definition) is 2. The van der Waals surface area contributed by atoms with Crippen LogP contribution in [0.4, 0.5) is 4.39 Å². The predicted octanol–water partition coefficient (Wildman–Crippen LogP) is 1.79. The topological polar surface area (TPSA) is 52.6 Å². The Morgan fingerprint density at radius 3 is 2.81 bits per heavy atom. The molecule has 1 atom stereocenters. The molecule has 0 spiro atoms. The Kier molecular flexibility index (Phi) is 6.14. The number of halogens is 1. The average molecular weight is 294 g/mol. The van der Waals surface area contributed by atoms with Crippen molar-refractivity contribution in [3.05, 3.63) is 35.6 Å². The molecule has 1 aliphatic heterocycles. The summed E-state index contributed by atoms with van der Waals surface area (Å²) in [5.41, 5.74) is 0.483. The number of likely N-dealkylation sites (tertiary alicyclic amines) is 1. The lowest BCUT2D eigenvalue weighted by atomic mass is 10.2. The van der Waals surface area contributed by atoms with Crippen molar-refractivity contribution in [2.24, 2.45) is 0 Å². The van der Waals surface area contributed by atoms with E-state index in [0.29, 0.717) is 18.2 Å². The molecule has 116 valence electrons. The van der Waals surface area contributed by atoms with Crippen LogP contribution in [-0.2, 0) is 0 Å². The third-order valence-electron chi connectivity index (χ3n) is 3.97. The van der Waals surface area contributed by atoms with Gasteiger partial charge in [-0.3, -0.25) is 9.69 Å². The largest absolute Gasteiger partial charge is 0.395 e. The van der Waals surface area contributed by atoms with E-state index >= 15 is 0 Å². The summed E-state index contributed by atoms with van der Waals surface area (Å²) in [6, 6.07) is 5.87. The lowest BCUT2D eigenvalue weighted by Gasteiger charge is -2.22. The second-order valence-corrected chi connectivity index (χ2v) is 5.48. The number of aliphatic hydroxyl groups is 1. The number of unbranched alkanes of at least 4 members (excludes halogenated alkanes) is 1. The fourth-order valence-corrected chi connectivity index (χ4v) is 2.74. The van der Waals surface area contributed by atoms with E-state index in [9.17, 15) is 14.3 Å². The third-order valence-corrected chi connectivity index (χ3v) is 3.97. The van der Waals surface area contributed by atoms with Crippen LogP contribution in [0.15, 0.2) is 24.3 Å².